The number of nitrogens with one attached hydrogen (secondary N) is 1. The van der Waals surface area contributed by atoms with Crippen molar-refractivity contribution in [1.82, 2.24) is 4.72 Å². The van der Waals surface area contributed by atoms with Gasteiger partial charge in [-0.2, -0.15) is 0 Å². The molecule has 0 unspecified atom stereocenters. The standard InChI is InChI=1S/C17H14ClNO2S/c18-15-10-4-8-14-9-5-11-16(17(14)15)22(20,21)19-12-13-6-2-1-3-7-13/h1-11,19H,12H2. The van der Waals surface area contributed by atoms with E-state index in [1.807, 2.05) is 42.5 Å². The van der Waals surface area contributed by atoms with Crippen LogP contribution in [0.25, 0.3) is 10.8 Å². The molecule has 0 aliphatic carbocycles. The maximum absolute atomic E-state index is 12.6. The summed E-state index contributed by atoms with van der Waals surface area (Å²) in [6.45, 7) is 0.240. The molecule has 3 rings (SSSR count). The minimum Gasteiger partial charge on any atom is -0.207 e. The van der Waals surface area contributed by atoms with E-state index in [2.05, 4.69) is 4.72 Å². The highest BCUT2D eigenvalue weighted by Crippen LogP contribution is 2.29. The fourth-order valence-electron chi connectivity index (χ4n) is 2.34. The Morgan fingerprint density at radius 2 is 1.55 bits per heavy atom. The minimum atomic E-state index is -3.64. The number of hydrogen-bond donors (Lipinski definition) is 1. The van der Waals surface area contributed by atoms with Gasteiger partial charge in [0, 0.05) is 17.0 Å². The molecule has 0 aliphatic rings. The van der Waals surface area contributed by atoms with Crippen LogP contribution in [0.4, 0.5) is 0 Å². The zero-order valence-electron chi connectivity index (χ0n) is 11.7. The first-order valence-electron chi connectivity index (χ1n) is 6.79. The molecule has 0 fully saturated rings. The van der Waals surface area contributed by atoms with Crippen molar-refractivity contribution in [3.05, 3.63) is 77.3 Å². The van der Waals surface area contributed by atoms with Crippen LogP contribution in [0, 0.1) is 0 Å². The van der Waals surface area contributed by atoms with Crippen molar-refractivity contribution in [2.24, 2.45) is 0 Å². The molecule has 3 aromatic rings. The van der Waals surface area contributed by atoms with Crippen molar-refractivity contribution in [3.8, 4) is 0 Å². The molecule has 22 heavy (non-hydrogen) atoms. The van der Waals surface area contributed by atoms with Crippen LogP contribution in [0.1, 0.15) is 5.56 Å². The SMILES string of the molecule is O=S(=O)(NCc1ccccc1)c1cccc2cccc(Cl)c12. The van der Waals surface area contributed by atoms with Gasteiger partial charge in [-0.3, -0.25) is 0 Å². The predicted octanol–water partition coefficient (Wildman–Crippen LogP) is 3.97. The molecule has 0 amide bonds. The quantitative estimate of drug-likeness (QED) is 0.786. The largest absolute Gasteiger partial charge is 0.241 e. The van der Waals surface area contributed by atoms with Crippen LogP contribution in [-0.4, -0.2) is 8.42 Å². The van der Waals surface area contributed by atoms with Crippen molar-refractivity contribution in [1.29, 1.82) is 0 Å². The lowest BCUT2D eigenvalue weighted by Crippen LogP contribution is -2.23. The van der Waals surface area contributed by atoms with Crippen molar-refractivity contribution < 1.29 is 8.42 Å². The molecule has 112 valence electrons. The maximum Gasteiger partial charge on any atom is 0.241 e. The van der Waals surface area contributed by atoms with Gasteiger partial charge >= 0.3 is 0 Å². The van der Waals surface area contributed by atoms with Crippen molar-refractivity contribution in [3.63, 3.8) is 0 Å². The molecule has 0 heterocycles. The Bertz CT molecular complexity index is 903. The Kier molecular flexibility index (Phi) is 4.16. The first kappa shape index (κ1) is 15.0. The van der Waals surface area contributed by atoms with Crippen LogP contribution in [-0.2, 0) is 16.6 Å². The summed E-state index contributed by atoms with van der Waals surface area (Å²) in [7, 11) is -3.64. The summed E-state index contributed by atoms with van der Waals surface area (Å²) in [5.41, 5.74) is 0.900. The highest BCUT2D eigenvalue weighted by molar-refractivity contribution is 7.89. The number of halogens is 1. The Balaban J connectivity index is 1.99. The fraction of sp³-hybridized carbons (Fsp3) is 0.0588. The van der Waals surface area contributed by atoms with Crippen LogP contribution in [0.15, 0.2) is 71.6 Å². The summed E-state index contributed by atoms with van der Waals surface area (Å²) >= 11 is 6.19. The van der Waals surface area contributed by atoms with E-state index in [1.54, 1.807) is 24.3 Å². The van der Waals surface area contributed by atoms with E-state index in [9.17, 15) is 8.42 Å². The molecule has 0 bridgehead atoms. The highest BCUT2D eigenvalue weighted by Gasteiger charge is 2.18. The molecule has 0 aromatic heterocycles. The van der Waals surface area contributed by atoms with E-state index in [0.29, 0.717) is 10.4 Å². The maximum atomic E-state index is 12.6. The van der Waals surface area contributed by atoms with Crippen molar-refractivity contribution in [2.75, 3.05) is 0 Å². The zero-order chi connectivity index (χ0) is 15.6. The van der Waals surface area contributed by atoms with E-state index in [0.717, 1.165) is 10.9 Å². The van der Waals surface area contributed by atoms with Gasteiger partial charge in [0.25, 0.3) is 0 Å². The first-order chi connectivity index (χ1) is 10.6. The molecule has 0 saturated carbocycles. The second kappa shape index (κ2) is 6.08. The third kappa shape index (κ3) is 2.99. The smallest absolute Gasteiger partial charge is 0.207 e. The van der Waals surface area contributed by atoms with Crippen molar-refractivity contribution >= 4 is 32.4 Å². The molecule has 3 nitrogen and oxygen atoms in total. The Morgan fingerprint density at radius 1 is 0.864 bits per heavy atom. The van der Waals surface area contributed by atoms with E-state index < -0.39 is 10.0 Å². The number of rotatable bonds is 4. The van der Waals surface area contributed by atoms with E-state index in [-0.39, 0.29) is 11.4 Å². The van der Waals surface area contributed by atoms with Gasteiger partial charge < -0.3 is 0 Å². The summed E-state index contributed by atoms with van der Waals surface area (Å²) in [6, 6.07) is 19.9. The average molecular weight is 332 g/mol. The van der Waals surface area contributed by atoms with E-state index >= 15 is 0 Å². The normalized spacial score (nSPS) is 11.7. The topological polar surface area (TPSA) is 46.2 Å². The second-order valence-electron chi connectivity index (χ2n) is 4.90. The van der Waals surface area contributed by atoms with Crippen LogP contribution < -0.4 is 4.72 Å². The fourth-order valence-corrected chi connectivity index (χ4v) is 3.94. The van der Waals surface area contributed by atoms with Crippen LogP contribution >= 0.6 is 11.6 Å². The van der Waals surface area contributed by atoms with E-state index in [4.69, 9.17) is 11.6 Å². The van der Waals surface area contributed by atoms with Gasteiger partial charge in [-0.15, -0.1) is 0 Å². The van der Waals surface area contributed by atoms with Gasteiger partial charge in [0.2, 0.25) is 10.0 Å². The summed E-state index contributed by atoms with van der Waals surface area (Å²) < 4.78 is 27.8. The number of sulfonamides is 1. The molecular formula is C17H14ClNO2S. The van der Waals surface area contributed by atoms with Gasteiger partial charge in [-0.1, -0.05) is 66.2 Å². The molecular weight excluding hydrogens is 318 g/mol. The lowest BCUT2D eigenvalue weighted by molar-refractivity contribution is 0.582. The molecule has 1 N–H and O–H groups in total. The van der Waals surface area contributed by atoms with Crippen LogP contribution in [0.5, 0.6) is 0 Å². The molecule has 3 aromatic carbocycles. The van der Waals surface area contributed by atoms with Gasteiger partial charge in [0.1, 0.15) is 0 Å². The molecule has 5 heteroatoms. The lowest BCUT2D eigenvalue weighted by Gasteiger charge is -2.10. The second-order valence-corrected chi connectivity index (χ2v) is 7.05. The molecule has 0 spiro atoms. The molecule has 0 aliphatic heterocycles. The third-order valence-electron chi connectivity index (χ3n) is 3.41. The first-order valence-corrected chi connectivity index (χ1v) is 8.65. The van der Waals surface area contributed by atoms with Crippen LogP contribution in [0.2, 0.25) is 5.02 Å². The monoisotopic (exact) mass is 331 g/mol. The van der Waals surface area contributed by atoms with Crippen LogP contribution in [0.3, 0.4) is 0 Å². The molecule has 0 atom stereocenters. The highest BCUT2D eigenvalue weighted by atomic mass is 35.5. The minimum absolute atomic E-state index is 0.200. The van der Waals surface area contributed by atoms with Gasteiger partial charge in [0.15, 0.2) is 0 Å². The molecule has 0 saturated heterocycles. The lowest BCUT2D eigenvalue weighted by atomic mass is 10.1. The zero-order valence-corrected chi connectivity index (χ0v) is 13.2. The number of benzene rings is 3. The Hall–Kier alpha value is -1.88. The average Bonchev–Trinajstić information content (AvgIpc) is 2.54. The van der Waals surface area contributed by atoms with Crippen molar-refractivity contribution in [2.45, 2.75) is 11.4 Å². The third-order valence-corrected chi connectivity index (χ3v) is 5.17. The molecule has 0 radical (unpaired) electrons. The summed E-state index contributed by atoms with van der Waals surface area (Å²) in [6.07, 6.45) is 0. The van der Waals surface area contributed by atoms with Gasteiger partial charge in [0.05, 0.1) is 4.90 Å². The summed E-state index contributed by atoms with van der Waals surface area (Å²) in [4.78, 5) is 0.200. The Labute approximate surface area is 134 Å². The van der Waals surface area contributed by atoms with E-state index in [1.165, 1.54) is 0 Å². The van der Waals surface area contributed by atoms with Gasteiger partial charge in [-0.25, -0.2) is 13.1 Å². The van der Waals surface area contributed by atoms with Gasteiger partial charge in [-0.05, 0) is 23.1 Å². The Morgan fingerprint density at radius 3 is 2.27 bits per heavy atom. The summed E-state index contributed by atoms with van der Waals surface area (Å²) in [5, 5.41) is 1.78. The number of fused-ring (bicyclic) bond motifs is 1. The summed E-state index contributed by atoms with van der Waals surface area (Å²) in [5.74, 6) is 0. The number of hydrogen-bond acceptors (Lipinski definition) is 2. The predicted molar refractivity (Wildman–Crippen MR) is 89.4 cm³/mol.